The SMILES string of the molecule is CCC(=O)N(C)c1ccc(-c2ccc(C(=O)CCc3cccnc3F)nc2)cc1C. The lowest BCUT2D eigenvalue weighted by atomic mass is 10.0. The minimum Gasteiger partial charge on any atom is -0.315 e. The highest BCUT2D eigenvalue weighted by atomic mass is 19.1. The average molecular weight is 405 g/mol. The molecule has 0 aliphatic carbocycles. The average Bonchev–Trinajstić information content (AvgIpc) is 2.77. The Balaban J connectivity index is 1.71. The molecule has 0 aliphatic rings. The van der Waals surface area contributed by atoms with Crippen molar-refractivity contribution in [3.8, 4) is 11.1 Å². The molecule has 1 aromatic carbocycles. The fraction of sp³-hybridized carbons (Fsp3) is 0.250. The summed E-state index contributed by atoms with van der Waals surface area (Å²) in [6, 6.07) is 12.7. The predicted molar refractivity (Wildman–Crippen MR) is 115 cm³/mol. The molecule has 0 bridgehead atoms. The zero-order valence-electron chi connectivity index (χ0n) is 17.4. The van der Waals surface area contributed by atoms with Crippen molar-refractivity contribution in [2.24, 2.45) is 0 Å². The van der Waals surface area contributed by atoms with Gasteiger partial charge in [0.05, 0.1) is 0 Å². The van der Waals surface area contributed by atoms with Crippen LogP contribution >= 0.6 is 0 Å². The summed E-state index contributed by atoms with van der Waals surface area (Å²) < 4.78 is 13.6. The summed E-state index contributed by atoms with van der Waals surface area (Å²) in [5.41, 5.74) is 4.46. The number of pyridine rings is 2. The third kappa shape index (κ3) is 4.76. The molecule has 0 aliphatic heterocycles. The molecule has 154 valence electrons. The minimum absolute atomic E-state index is 0.0570. The van der Waals surface area contributed by atoms with Crippen molar-refractivity contribution < 1.29 is 14.0 Å². The Bertz CT molecular complexity index is 1060. The number of Topliss-reactive ketones (excluding diaryl/α,β-unsaturated/α-hetero) is 1. The maximum Gasteiger partial charge on any atom is 0.226 e. The van der Waals surface area contributed by atoms with E-state index in [1.165, 1.54) is 6.20 Å². The summed E-state index contributed by atoms with van der Waals surface area (Å²) in [7, 11) is 1.77. The smallest absolute Gasteiger partial charge is 0.226 e. The van der Waals surface area contributed by atoms with Gasteiger partial charge in [0.15, 0.2) is 5.78 Å². The number of aryl methyl sites for hydroxylation is 2. The topological polar surface area (TPSA) is 63.2 Å². The van der Waals surface area contributed by atoms with E-state index in [1.807, 2.05) is 38.1 Å². The Morgan fingerprint density at radius 2 is 1.83 bits per heavy atom. The van der Waals surface area contributed by atoms with Crippen LogP contribution in [-0.2, 0) is 11.2 Å². The minimum atomic E-state index is -0.543. The number of carbonyl (C=O) groups is 2. The standard InChI is InChI=1S/C24H24FN3O2/c1-4-23(30)28(3)21-11-8-18(14-16(21)2)19-7-10-20(27-15-19)22(29)12-9-17-6-5-13-26-24(17)25/h5-8,10-11,13-15H,4,9,12H2,1-3H3. The summed E-state index contributed by atoms with van der Waals surface area (Å²) >= 11 is 0. The van der Waals surface area contributed by atoms with E-state index in [9.17, 15) is 14.0 Å². The van der Waals surface area contributed by atoms with Gasteiger partial charge >= 0.3 is 0 Å². The summed E-state index contributed by atoms with van der Waals surface area (Å²) in [5, 5.41) is 0. The number of hydrogen-bond acceptors (Lipinski definition) is 4. The second-order valence-corrected chi connectivity index (χ2v) is 7.12. The van der Waals surface area contributed by atoms with E-state index in [2.05, 4.69) is 9.97 Å². The summed E-state index contributed by atoms with van der Waals surface area (Å²) in [6.07, 6.45) is 3.94. The Hall–Kier alpha value is -3.41. The van der Waals surface area contributed by atoms with Crippen LogP contribution in [-0.4, -0.2) is 28.7 Å². The zero-order valence-corrected chi connectivity index (χ0v) is 17.4. The summed E-state index contributed by atoms with van der Waals surface area (Å²) in [5.74, 6) is -0.628. The number of carbonyl (C=O) groups excluding carboxylic acids is 2. The zero-order chi connectivity index (χ0) is 21.7. The van der Waals surface area contributed by atoms with E-state index in [0.29, 0.717) is 17.7 Å². The van der Waals surface area contributed by atoms with Crippen LogP contribution in [0.1, 0.15) is 41.4 Å². The number of amides is 1. The lowest BCUT2D eigenvalue weighted by molar-refractivity contribution is -0.118. The number of ketones is 1. The number of nitrogens with zero attached hydrogens (tertiary/aromatic N) is 3. The molecule has 5 nitrogen and oxygen atoms in total. The van der Waals surface area contributed by atoms with Gasteiger partial charge in [-0.25, -0.2) is 4.98 Å². The van der Waals surface area contributed by atoms with Crippen LogP contribution in [0, 0.1) is 12.9 Å². The maximum absolute atomic E-state index is 13.6. The number of anilines is 1. The van der Waals surface area contributed by atoms with Crippen LogP contribution in [0.5, 0.6) is 0 Å². The monoisotopic (exact) mass is 405 g/mol. The highest BCUT2D eigenvalue weighted by Gasteiger charge is 2.13. The number of aromatic nitrogens is 2. The van der Waals surface area contributed by atoms with Crippen LogP contribution in [0.2, 0.25) is 0 Å². The van der Waals surface area contributed by atoms with Gasteiger partial charge in [-0.1, -0.05) is 25.1 Å². The Labute approximate surface area is 175 Å². The first-order valence-electron chi connectivity index (χ1n) is 9.87. The second-order valence-electron chi connectivity index (χ2n) is 7.12. The lowest BCUT2D eigenvalue weighted by Crippen LogP contribution is -2.25. The van der Waals surface area contributed by atoms with Crippen molar-refractivity contribution in [2.75, 3.05) is 11.9 Å². The molecule has 3 aromatic rings. The molecule has 0 saturated heterocycles. The molecular formula is C24H24FN3O2. The van der Waals surface area contributed by atoms with Crippen LogP contribution in [0.3, 0.4) is 0 Å². The van der Waals surface area contributed by atoms with Crippen molar-refractivity contribution in [1.29, 1.82) is 0 Å². The molecule has 2 heterocycles. The molecule has 0 atom stereocenters. The predicted octanol–water partition coefficient (Wildman–Crippen LogP) is 4.78. The highest BCUT2D eigenvalue weighted by Crippen LogP contribution is 2.27. The molecule has 0 fully saturated rings. The Morgan fingerprint density at radius 3 is 2.47 bits per heavy atom. The van der Waals surface area contributed by atoms with E-state index in [1.54, 1.807) is 36.3 Å². The first-order chi connectivity index (χ1) is 14.4. The first-order valence-corrected chi connectivity index (χ1v) is 9.87. The molecule has 6 heteroatoms. The molecular weight excluding hydrogens is 381 g/mol. The summed E-state index contributed by atoms with van der Waals surface area (Å²) in [4.78, 5) is 33.9. The van der Waals surface area contributed by atoms with Gasteiger partial charge in [0.1, 0.15) is 5.69 Å². The normalized spacial score (nSPS) is 10.7. The van der Waals surface area contributed by atoms with E-state index in [0.717, 1.165) is 22.4 Å². The largest absolute Gasteiger partial charge is 0.315 e. The molecule has 1 amide bonds. The van der Waals surface area contributed by atoms with E-state index < -0.39 is 5.95 Å². The highest BCUT2D eigenvalue weighted by molar-refractivity contribution is 5.95. The number of hydrogen-bond donors (Lipinski definition) is 0. The molecule has 0 unspecified atom stereocenters. The Kier molecular flexibility index (Phi) is 6.67. The van der Waals surface area contributed by atoms with Gasteiger partial charge in [-0.3, -0.25) is 14.6 Å². The molecule has 0 N–H and O–H groups in total. The maximum atomic E-state index is 13.6. The fourth-order valence-electron chi connectivity index (χ4n) is 3.29. The van der Waals surface area contributed by atoms with Crippen LogP contribution in [0.15, 0.2) is 54.9 Å². The van der Waals surface area contributed by atoms with Gasteiger partial charge in [0.25, 0.3) is 0 Å². The van der Waals surface area contributed by atoms with Crippen molar-refractivity contribution in [2.45, 2.75) is 33.1 Å². The molecule has 30 heavy (non-hydrogen) atoms. The van der Waals surface area contributed by atoms with Gasteiger partial charge in [-0.2, -0.15) is 4.39 Å². The van der Waals surface area contributed by atoms with Crippen molar-refractivity contribution in [3.05, 3.63) is 77.6 Å². The van der Waals surface area contributed by atoms with Crippen molar-refractivity contribution >= 4 is 17.4 Å². The van der Waals surface area contributed by atoms with E-state index in [-0.39, 0.29) is 24.5 Å². The first kappa shape index (κ1) is 21.3. The lowest BCUT2D eigenvalue weighted by Gasteiger charge is -2.19. The van der Waals surface area contributed by atoms with Crippen LogP contribution in [0.25, 0.3) is 11.1 Å². The van der Waals surface area contributed by atoms with E-state index in [4.69, 9.17) is 0 Å². The number of benzene rings is 1. The molecule has 0 radical (unpaired) electrons. The summed E-state index contributed by atoms with van der Waals surface area (Å²) in [6.45, 7) is 3.80. The van der Waals surface area contributed by atoms with E-state index >= 15 is 0 Å². The molecule has 3 rings (SSSR count). The number of rotatable bonds is 7. The third-order valence-electron chi connectivity index (χ3n) is 5.07. The van der Waals surface area contributed by atoms with Gasteiger partial charge in [0.2, 0.25) is 11.9 Å². The number of halogens is 1. The van der Waals surface area contributed by atoms with Crippen molar-refractivity contribution in [3.63, 3.8) is 0 Å². The quantitative estimate of drug-likeness (QED) is 0.419. The second kappa shape index (κ2) is 9.39. The third-order valence-corrected chi connectivity index (χ3v) is 5.07. The van der Waals surface area contributed by atoms with Gasteiger partial charge in [0, 0.05) is 49.1 Å². The Morgan fingerprint density at radius 1 is 1.07 bits per heavy atom. The van der Waals surface area contributed by atoms with Crippen LogP contribution < -0.4 is 4.90 Å². The molecule has 0 spiro atoms. The van der Waals surface area contributed by atoms with Crippen molar-refractivity contribution in [1.82, 2.24) is 9.97 Å². The fourth-order valence-corrected chi connectivity index (χ4v) is 3.29. The molecule has 2 aromatic heterocycles. The van der Waals surface area contributed by atoms with Gasteiger partial charge < -0.3 is 4.90 Å². The van der Waals surface area contributed by atoms with Gasteiger partial charge in [-0.15, -0.1) is 0 Å². The molecule has 0 saturated carbocycles. The van der Waals surface area contributed by atoms with Gasteiger partial charge in [-0.05, 0) is 48.7 Å². The van der Waals surface area contributed by atoms with Crippen LogP contribution in [0.4, 0.5) is 10.1 Å².